The van der Waals surface area contributed by atoms with Gasteiger partial charge in [0, 0.05) is 5.56 Å². The maximum Gasteiger partial charge on any atom is 0.262 e. The highest BCUT2D eigenvalue weighted by Crippen LogP contribution is 2.26. The van der Waals surface area contributed by atoms with E-state index < -0.39 is 5.82 Å². The molecule has 3 rings (SSSR count). The fraction of sp³-hybridized carbons (Fsp3) is 0. The van der Waals surface area contributed by atoms with Crippen molar-refractivity contribution in [1.82, 2.24) is 20.3 Å². The minimum atomic E-state index is -0.527. The number of hydrogen-bond acceptors (Lipinski definition) is 5. The minimum absolute atomic E-state index is 0.0325. The number of halogens is 2. The molecule has 0 aliphatic rings. The lowest BCUT2D eigenvalue weighted by molar-refractivity contribution is 0.432. The number of H-pyrrole nitrogens is 1. The third-order valence-corrected chi connectivity index (χ3v) is 2.88. The quantitative estimate of drug-likeness (QED) is 0.783. The Morgan fingerprint density at radius 1 is 1.40 bits per heavy atom. The van der Waals surface area contributed by atoms with Crippen LogP contribution < -0.4 is 0 Å². The lowest BCUT2D eigenvalue weighted by Gasteiger charge is -1.96. The van der Waals surface area contributed by atoms with Gasteiger partial charge in [0.2, 0.25) is 5.82 Å². The second-order valence-electron chi connectivity index (χ2n) is 3.82. The summed E-state index contributed by atoms with van der Waals surface area (Å²) in [7, 11) is 0. The van der Waals surface area contributed by atoms with E-state index in [1.54, 1.807) is 0 Å². The minimum Gasteiger partial charge on any atom is -0.333 e. The Hall–Kier alpha value is -2.72. The summed E-state index contributed by atoms with van der Waals surface area (Å²) < 4.78 is 18.2. The number of aromatic nitrogens is 4. The Balaban J connectivity index is 2.02. The molecule has 0 saturated carbocycles. The molecule has 0 aliphatic carbocycles. The van der Waals surface area contributed by atoms with Gasteiger partial charge in [-0.05, 0) is 18.2 Å². The van der Waals surface area contributed by atoms with E-state index in [0.29, 0.717) is 11.1 Å². The summed E-state index contributed by atoms with van der Waals surface area (Å²) in [5, 5.41) is 18.9. The Labute approximate surface area is 116 Å². The number of aromatic amines is 1. The van der Waals surface area contributed by atoms with Crippen molar-refractivity contribution in [3.8, 4) is 28.9 Å². The van der Waals surface area contributed by atoms with Crippen molar-refractivity contribution >= 4 is 11.6 Å². The van der Waals surface area contributed by atoms with Crippen LogP contribution in [0.3, 0.4) is 0 Å². The van der Waals surface area contributed by atoms with Gasteiger partial charge in [-0.3, -0.25) is 5.10 Å². The number of benzene rings is 1. The fourth-order valence-corrected chi connectivity index (χ4v) is 1.80. The second-order valence-corrected chi connectivity index (χ2v) is 4.23. The molecule has 0 atom stereocenters. The topological polar surface area (TPSA) is 91.4 Å². The maximum absolute atomic E-state index is 13.1. The number of rotatable bonds is 2. The van der Waals surface area contributed by atoms with Crippen LogP contribution in [0.15, 0.2) is 28.9 Å². The molecular formula is C12H5ClFN5O. The molecule has 0 amide bonds. The summed E-state index contributed by atoms with van der Waals surface area (Å²) in [6.07, 6.45) is 1.41. The van der Waals surface area contributed by atoms with Crippen molar-refractivity contribution in [2.45, 2.75) is 0 Å². The predicted octanol–water partition coefficient (Wildman–Crippen LogP) is 2.79. The third kappa shape index (κ3) is 2.02. The van der Waals surface area contributed by atoms with Crippen LogP contribution in [0, 0.1) is 17.1 Å². The van der Waals surface area contributed by atoms with Crippen LogP contribution >= 0.6 is 11.6 Å². The largest absolute Gasteiger partial charge is 0.333 e. The number of hydrogen-bond donors (Lipinski definition) is 1. The van der Waals surface area contributed by atoms with Crippen LogP contribution in [-0.4, -0.2) is 20.3 Å². The van der Waals surface area contributed by atoms with Gasteiger partial charge in [-0.25, -0.2) is 4.39 Å². The van der Waals surface area contributed by atoms with Gasteiger partial charge in [-0.1, -0.05) is 16.8 Å². The first kappa shape index (κ1) is 12.3. The van der Waals surface area contributed by atoms with Gasteiger partial charge in [-0.2, -0.15) is 15.3 Å². The van der Waals surface area contributed by atoms with Gasteiger partial charge in [0.1, 0.15) is 17.6 Å². The summed E-state index contributed by atoms with van der Waals surface area (Å²) >= 11 is 5.70. The molecule has 6 nitrogen and oxygen atoms in total. The van der Waals surface area contributed by atoms with E-state index in [0.717, 1.165) is 0 Å². The predicted molar refractivity (Wildman–Crippen MR) is 67.0 cm³/mol. The Bertz CT molecular complexity index is 819. The fourth-order valence-electron chi connectivity index (χ4n) is 1.62. The molecule has 0 bridgehead atoms. The maximum atomic E-state index is 13.1. The molecule has 1 aromatic carbocycles. The lowest BCUT2D eigenvalue weighted by atomic mass is 10.2. The normalized spacial score (nSPS) is 10.4. The highest BCUT2D eigenvalue weighted by atomic mass is 35.5. The van der Waals surface area contributed by atoms with Crippen LogP contribution in [0.1, 0.15) is 5.69 Å². The third-order valence-electron chi connectivity index (χ3n) is 2.59. The Morgan fingerprint density at radius 2 is 2.25 bits per heavy atom. The van der Waals surface area contributed by atoms with E-state index in [9.17, 15) is 4.39 Å². The summed E-state index contributed by atoms with van der Waals surface area (Å²) in [6.45, 7) is 0. The first-order valence-electron chi connectivity index (χ1n) is 5.42. The van der Waals surface area contributed by atoms with Crippen LogP contribution in [0.2, 0.25) is 5.02 Å². The molecule has 1 N–H and O–H groups in total. The van der Waals surface area contributed by atoms with E-state index >= 15 is 0 Å². The van der Waals surface area contributed by atoms with Crippen molar-refractivity contribution in [1.29, 1.82) is 5.26 Å². The molecule has 0 spiro atoms. The highest BCUT2D eigenvalue weighted by Gasteiger charge is 2.16. The van der Waals surface area contributed by atoms with Crippen molar-refractivity contribution in [3.05, 3.63) is 40.9 Å². The van der Waals surface area contributed by atoms with E-state index in [1.807, 2.05) is 6.07 Å². The average molecular weight is 290 g/mol. The molecule has 3 aromatic rings. The van der Waals surface area contributed by atoms with Crippen LogP contribution in [0.25, 0.3) is 22.8 Å². The molecule has 0 unspecified atom stereocenters. The van der Waals surface area contributed by atoms with Crippen molar-refractivity contribution in [2.24, 2.45) is 0 Å². The van der Waals surface area contributed by atoms with Gasteiger partial charge in [0.25, 0.3) is 5.89 Å². The van der Waals surface area contributed by atoms with Crippen LogP contribution in [-0.2, 0) is 0 Å². The zero-order chi connectivity index (χ0) is 14.1. The lowest BCUT2D eigenvalue weighted by Crippen LogP contribution is -1.84. The Kier molecular flexibility index (Phi) is 2.93. The van der Waals surface area contributed by atoms with Gasteiger partial charge < -0.3 is 4.52 Å². The molecule has 20 heavy (non-hydrogen) atoms. The molecule has 8 heteroatoms. The molecule has 2 aromatic heterocycles. The SMILES string of the molecule is N#Cc1[nH]ncc1-c1nc(-c2ccc(F)c(Cl)c2)no1. The Morgan fingerprint density at radius 3 is 3.00 bits per heavy atom. The summed E-state index contributed by atoms with van der Waals surface area (Å²) in [4.78, 5) is 4.13. The molecule has 0 fully saturated rings. The van der Waals surface area contributed by atoms with Crippen LogP contribution in [0.4, 0.5) is 4.39 Å². The number of nitriles is 1. The molecule has 2 heterocycles. The molecular weight excluding hydrogens is 285 g/mol. The van der Waals surface area contributed by atoms with E-state index in [4.69, 9.17) is 21.4 Å². The number of nitrogens with zero attached hydrogens (tertiary/aromatic N) is 4. The van der Waals surface area contributed by atoms with E-state index in [1.165, 1.54) is 24.4 Å². The average Bonchev–Trinajstić information content (AvgIpc) is 3.09. The van der Waals surface area contributed by atoms with E-state index in [2.05, 4.69) is 20.3 Å². The standard InChI is InChI=1S/C12H5ClFN5O/c13-8-3-6(1-2-9(8)14)11-17-12(20-19-11)7-5-16-18-10(7)4-15/h1-3,5H,(H,16,18). The molecule has 0 saturated heterocycles. The summed E-state index contributed by atoms with van der Waals surface area (Å²) in [5.41, 5.74) is 1.13. The molecule has 0 aliphatic heterocycles. The van der Waals surface area contributed by atoms with Crippen LogP contribution in [0.5, 0.6) is 0 Å². The van der Waals surface area contributed by atoms with Gasteiger partial charge in [0.05, 0.1) is 16.8 Å². The van der Waals surface area contributed by atoms with Gasteiger partial charge in [0.15, 0.2) is 0 Å². The van der Waals surface area contributed by atoms with Crippen molar-refractivity contribution < 1.29 is 8.91 Å². The molecule has 0 radical (unpaired) electrons. The summed E-state index contributed by atoms with van der Waals surface area (Å²) in [6, 6.07) is 6.02. The highest BCUT2D eigenvalue weighted by molar-refractivity contribution is 6.31. The second kappa shape index (κ2) is 4.75. The first-order valence-corrected chi connectivity index (χ1v) is 5.80. The van der Waals surface area contributed by atoms with Crippen molar-refractivity contribution in [3.63, 3.8) is 0 Å². The van der Waals surface area contributed by atoms with Gasteiger partial charge >= 0.3 is 0 Å². The molecule has 98 valence electrons. The first-order chi connectivity index (χ1) is 9.69. The van der Waals surface area contributed by atoms with E-state index in [-0.39, 0.29) is 22.4 Å². The zero-order valence-electron chi connectivity index (χ0n) is 9.76. The zero-order valence-corrected chi connectivity index (χ0v) is 10.5. The number of nitrogens with one attached hydrogen (secondary N) is 1. The smallest absolute Gasteiger partial charge is 0.262 e. The van der Waals surface area contributed by atoms with Gasteiger partial charge in [-0.15, -0.1) is 0 Å². The van der Waals surface area contributed by atoms with Crippen molar-refractivity contribution in [2.75, 3.05) is 0 Å². The summed E-state index contributed by atoms with van der Waals surface area (Å²) in [5.74, 6) is -0.140. The monoisotopic (exact) mass is 289 g/mol.